The van der Waals surface area contributed by atoms with Gasteiger partial charge in [-0.3, -0.25) is 19.3 Å². The molecule has 7 nitrogen and oxygen atoms in total. The highest BCUT2D eigenvalue weighted by atomic mass is 79.9. The number of esters is 1. The van der Waals surface area contributed by atoms with Crippen molar-refractivity contribution in [2.75, 3.05) is 16.8 Å². The maximum atomic E-state index is 13.4. The van der Waals surface area contributed by atoms with Gasteiger partial charge in [0.15, 0.2) is 6.61 Å². The monoisotopic (exact) mass is 560 g/mol. The predicted molar refractivity (Wildman–Crippen MR) is 142 cm³/mol. The van der Waals surface area contributed by atoms with Crippen molar-refractivity contribution in [2.45, 2.75) is 25.2 Å². The van der Waals surface area contributed by atoms with Gasteiger partial charge in [-0.15, -0.1) is 0 Å². The molecule has 0 radical (unpaired) electrons. The molecule has 2 fully saturated rings. The normalized spacial score (nSPS) is 20.9. The summed E-state index contributed by atoms with van der Waals surface area (Å²) in [6.07, 6.45) is 2.14. The van der Waals surface area contributed by atoms with Crippen LogP contribution in [0.2, 0.25) is 0 Å². The summed E-state index contributed by atoms with van der Waals surface area (Å²) in [7, 11) is 0. The van der Waals surface area contributed by atoms with Crippen LogP contribution in [-0.4, -0.2) is 30.3 Å². The highest BCUT2D eigenvalue weighted by Gasteiger charge is 2.50. The lowest BCUT2D eigenvalue weighted by molar-refractivity contribution is -0.122. The van der Waals surface area contributed by atoms with Gasteiger partial charge in [0.05, 0.1) is 23.1 Å². The molecule has 1 aliphatic carbocycles. The van der Waals surface area contributed by atoms with Crippen LogP contribution in [0.15, 0.2) is 83.3 Å². The molecule has 2 aliphatic rings. The van der Waals surface area contributed by atoms with Crippen LogP contribution in [0.5, 0.6) is 0 Å². The van der Waals surface area contributed by atoms with E-state index >= 15 is 0 Å². The van der Waals surface area contributed by atoms with Crippen molar-refractivity contribution in [2.24, 2.45) is 11.8 Å². The van der Waals surface area contributed by atoms with Gasteiger partial charge in [-0.2, -0.15) is 0 Å². The number of nitrogens with one attached hydrogen (secondary N) is 1. The molecular weight excluding hydrogens is 536 g/mol. The van der Waals surface area contributed by atoms with E-state index in [0.717, 1.165) is 10.9 Å². The molecule has 3 atom stereocenters. The Hall–Kier alpha value is -3.78. The van der Waals surface area contributed by atoms with Crippen molar-refractivity contribution in [1.29, 1.82) is 0 Å². The summed E-state index contributed by atoms with van der Waals surface area (Å²) in [5.41, 5.74) is 2.27. The molecule has 0 aromatic heterocycles. The Kier molecular flexibility index (Phi) is 7.19. The lowest BCUT2D eigenvalue weighted by Crippen LogP contribution is -2.31. The third-order valence-electron chi connectivity index (χ3n) is 7.00. The summed E-state index contributed by atoms with van der Waals surface area (Å²) < 4.78 is 6.04. The zero-order valence-electron chi connectivity index (χ0n) is 19.9. The fourth-order valence-electron chi connectivity index (χ4n) is 5.18. The first kappa shape index (κ1) is 24.9. The van der Waals surface area contributed by atoms with Gasteiger partial charge < -0.3 is 10.1 Å². The van der Waals surface area contributed by atoms with Crippen molar-refractivity contribution in [3.05, 3.63) is 94.5 Å². The molecule has 5 rings (SSSR count). The molecule has 1 aliphatic heterocycles. The van der Waals surface area contributed by atoms with E-state index in [2.05, 4.69) is 33.4 Å². The van der Waals surface area contributed by atoms with Crippen LogP contribution in [0.1, 0.15) is 41.1 Å². The maximum Gasteiger partial charge on any atom is 0.338 e. The molecule has 8 heteroatoms. The molecule has 37 heavy (non-hydrogen) atoms. The number of carbonyl (C=O) groups excluding carboxylic acids is 4. The minimum Gasteiger partial charge on any atom is -0.452 e. The third-order valence-corrected chi connectivity index (χ3v) is 7.53. The Bertz CT molecular complexity index is 1340. The van der Waals surface area contributed by atoms with Crippen LogP contribution in [0.25, 0.3) is 0 Å². The number of benzene rings is 3. The Morgan fingerprint density at radius 3 is 2.38 bits per heavy atom. The second kappa shape index (κ2) is 10.7. The van der Waals surface area contributed by atoms with Crippen molar-refractivity contribution in [1.82, 2.24) is 0 Å². The second-order valence-electron chi connectivity index (χ2n) is 9.33. The van der Waals surface area contributed by atoms with E-state index in [4.69, 9.17) is 4.74 Å². The largest absolute Gasteiger partial charge is 0.452 e. The number of amides is 3. The van der Waals surface area contributed by atoms with Gasteiger partial charge in [0, 0.05) is 10.2 Å². The number of imide groups is 1. The number of nitrogens with zero attached hydrogens (tertiary/aromatic N) is 1. The van der Waals surface area contributed by atoms with Crippen LogP contribution in [0.3, 0.4) is 0 Å². The molecular formula is C29H25BrN2O5. The molecule has 0 bridgehead atoms. The molecule has 188 valence electrons. The van der Waals surface area contributed by atoms with Crippen LogP contribution in [-0.2, 0) is 19.1 Å². The summed E-state index contributed by atoms with van der Waals surface area (Å²) in [5, 5.41) is 2.65. The second-order valence-corrected chi connectivity index (χ2v) is 10.2. The van der Waals surface area contributed by atoms with E-state index in [9.17, 15) is 19.2 Å². The number of carbonyl (C=O) groups is 4. The first-order chi connectivity index (χ1) is 17.9. The van der Waals surface area contributed by atoms with E-state index in [1.165, 1.54) is 22.6 Å². The van der Waals surface area contributed by atoms with Crippen LogP contribution < -0.4 is 10.2 Å². The van der Waals surface area contributed by atoms with Crippen molar-refractivity contribution < 1.29 is 23.9 Å². The summed E-state index contributed by atoms with van der Waals surface area (Å²) in [6, 6.07) is 23.3. The SMILES string of the molecule is O=C(COC(=O)c1cccc(N2C(=O)[C@H]3C[C@@H](c4ccccc4)CC[C@H]3C2=O)c1)Nc1ccc(Br)cc1. The minimum absolute atomic E-state index is 0.159. The Balaban J connectivity index is 1.24. The van der Waals surface area contributed by atoms with Crippen molar-refractivity contribution >= 4 is 51.0 Å². The molecule has 0 spiro atoms. The molecule has 3 amide bonds. The number of fused-ring (bicyclic) bond motifs is 1. The first-order valence-electron chi connectivity index (χ1n) is 12.2. The fourth-order valence-corrected chi connectivity index (χ4v) is 5.44. The topological polar surface area (TPSA) is 92.8 Å². The van der Waals surface area contributed by atoms with Gasteiger partial charge in [0.1, 0.15) is 0 Å². The first-order valence-corrected chi connectivity index (χ1v) is 13.0. The fraction of sp³-hybridized carbons (Fsp3) is 0.241. The number of ether oxygens (including phenoxy) is 1. The lowest BCUT2D eigenvalue weighted by atomic mass is 9.73. The summed E-state index contributed by atoms with van der Waals surface area (Å²) in [5.74, 6) is -2.11. The summed E-state index contributed by atoms with van der Waals surface area (Å²) in [4.78, 5) is 52.6. The van der Waals surface area contributed by atoms with Crippen LogP contribution in [0, 0.1) is 11.8 Å². The van der Waals surface area contributed by atoms with E-state index < -0.39 is 18.5 Å². The van der Waals surface area contributed by atoms with E-state index in [1.807, 2.05) is 18.2 Å². The standard InChI is InChI=1S/C29H25BrN2O5/c30-21-10-12-22(13-11-21)31-26(33)17-37-29(36)20-7-4-8-23(15-20)32-27(34)24-14-9-19(16-25(24)28(32)35)18-5-2-1-3-6-18/h1-8,10-13,15,19,24-25H,9,14,16-17H2,(H,31,33)/t19-,24+,25-/m0/s1. The molecule has 0 unspecified atom stereocenters. The molecule has 1 saturated heterocycles. The van der Waals surface area contributed by atoms with Gasteiger partial charge in [0.2, 0.25) is 11.8 Å². The van der Waals surface area contributed by atoms with Crippen LogP contribution in [0.4, 0.5) is 11.4 Å². The van der Waals surface area contributed by atoms with Gasteiger partial charge in [0.25, 0.3) is 5.91 Å². The van der Waals surface area contributed by atoms with Crippen LogP contribution >= 0.6 is 15.9 Å². The Morgan fingerprint density at radius 2 is 1.62 bits per heavy atom. The van der Waals surface area contributed by atoms with E-state index in [1.54, 1.807) is 36.4 Å². The predicted octanol–water partition coefficient (Wildman–Crippen LogP) is 5.32. The molecule has 1 N–H and O–H groups in total. The van der Waals surface area contributed by atoms with Gasteiger partial charge in [-0.05, 0) is 73.2 Å². The zero-order valence-corrected chi connectivity index (χ0v) is 21.5. The zero-order chi connectivity index (χ0) is 25.9. The van der Waals surface area contributed by atoms with Crippen molar-refractivity contribution in [3.63, 3.8) is 0 Å². The summed E-state index contributed by atoms with van der Waals surface area (Å²) in [6.45, 7) is -0.467. The number of hydrogen-bond donors (Lipinski definition) is 1. The number of rotatable bonds is 6. The summed E-state index contributed by atoms with van der Waals surface area (Å²) >= 11 is 3.33. The lowest BCUT2D eigenvalue weighted by Gasteiger charge is -2.28. The van der Waals surface area contributed by atoms with Crippen molar-refractivity contribution in [3.8, 4) is 0 Å². The molecule has 1 heterocycles. The minimum atomic E-state index is -0.714. The maximum absolute atomic E-state index is 13.4. The highest BCUT2D eigenvalue weighted by Crippen LogP contribution is 2.45. The number of anilines is 2. The molecule has 3 aromatic carbocycles. The third kappa shape index (κ3) is 5.34. The Labute approximate surface area is 222 Å². The van der Waals surface area contributed by atoms with E-state index in [-0.39, 0.29) is 35.1 Å². The van der Waals surface area contributed by atoms with Gasteiger partial charge in [-0.25, -0.2) is 4.79 Å². The van der Waals surface area contributed by atoms with Gasteiger partial charge >= 0.3 is 5.97 Å². The number of halogens is 1. The van der Waals surface area contributed by atoms with E-state index in [0.29, 0.717) is 24.2 Å². The Morgan fingerprint density at radius 1 is 0.892 bits per heavy atom. The average Bonchev–Trinajstić information content (AvgIpc) is 3.18. The van der Waals surface area contributed by atoms with Gasteiger partial charge in [-0.1, -0.05) is 52.3 Å². The highest BCUT2D eigenvalue weighted by molar-refractivity contribution is 9.10. The molecule has 3 aromatic rings. The number of hydrogen-bond acceptors (Lipinski definition) is 5. The average molecular weight is 561 g/mol. The smallest absolute Gasteiger partial charge is 0.338 e. The quantitative estimate of drug-likeness (QED) is 0.325. The molecule has 1 saturated carbocycles.